The van der Waals surface area contributed by atoms with Crippen molar-refractivity contribution in [2.24, 2.45) is 0 Å². The van der Waals surface area contributed by atoms with E-state index >= 15 is 0 Å². The van der Waals surface area contributed by atoms with Gasteiger partial charge >= 0.3 is 12.1 Å². The van der Waals surface area contributed by atoms with Gasteiger partial charge in [0.2, 0.25) is 0 Å². The van der Waals surface area contributed by atoms with Gasteiger partial charge in [-0.2, -0.15) is 0 Å². The second-order valence-corrected chi connectivity index (χ2v) is 4.83. The molecule has 8 nitrogen and oxygen atoms in total. The van der Waals surface area contributed by atoms with Crippen LogP contribution in [0.1, 0.15) is 10.4 Å². The van der Waals surface area contributed by atoms with Crippen LogP contribution >= 0.6 is 0 Å². The monoisotopic (exact) mass is 326 g/mol. The summed E-state index contributed by atoms with van der Waals surface area (Å²) in [5.41, 5.74) is 2.64. The molecule has 8 heteroatoms. The van der Waals surface area contributed by atoms with Crippen LogP contribution in [0.25, 0.3) is 16.9 Å². The van der Waals surface area contributed by atoms with Crippen LogP contribution in [0.2, 0.25) is 0 Å². The summed E-state index contributed by atoms with van der Waals surface area (Å²) in [4.78, 5) is 31.3. The zero-order valence-electron chi connectivity index (χ0n) is 13.0. The molecular weight excluding hydrogens is 312 g/mol. The molecule has 3 rings (SSSR count). The van der Waals surface area contributed by atoms with E-state index in [0.29, 0.717) is 17.0 Å². The third-order valence-corrected chi connectivity index (χ3v) is 3.40. The number of pyridine rings is 2. The molecule has 24 heavy (non-hydrogen) atoms. The van der Waals surface area contributed by atoms with Crippen LogP contribution in [0.4, 0.5) is 10.6 Å². The number of hydrogen-bond acceptors (Lipinski definition) is 6. The van der Waals surface area contributed by atoms with E-state index in [2.05, 4.69) is 20.0 Å². The Balaban J connectivity index is 1.96. The van der Waals surface area contributed by atoms with Crippen molar-refractivity contribution >= 4 is 23.5 Å². The molecule has 1 N–H and O–H groups in total. The first-order valence-corrected chi connectivity index (χ1v) is 6.99. The Morgan fingerprint density at radius 1 is 1.04 bits per heavy atom. The molecule has 0 atom stereocenters. The topological polar surface area (TPSA) is 94.8 Å². The number of anilines is 1. The Morgan fingerprint density at radius 3 is 2.54 bits per heavy atom. The molecule has 0 aromatic carbocycles. The van der Waals surface area contributed by atoms with Gasteiger partial charge in [0.25, 0.3) is 0 Å². The predicted octanol–water partition coefficient (Wildman–Crippen LogP) is 2.36. The number of amides is 1. The largest absolute Gasteiger partial charge is 0.465 e. The fourth-order valence-electron chi connectivity index (χ4n) is 2.21. The Bertz CT molecular complexity index is 902. The van der Waals surface area contributed by atoms with Gasteiger partial charge in [-0.25, -0.2) is 19.6 Å². The molecule has 3 aromatic heterocycles. The van der Waals surface area contributed by atoms with E-state index in [0.717, 1.165) is 11.3 Å². The molecule has 0 unspecified atom stereocenters. The van der Waals surface area contributed by atoms with Gasteiger partial charge in [-0.15, -0.1) is 0 Å². The summed E-state index contributed by atoms with van der Waals surface area (Å²) >= 11 is 0. The molecule has 0 radical (unpaired) electrons. The molecule has 0 saturated heterocycles. The molecular formula is C16H14N4O4. The lowest BCUT2D eigenvalue weighted by Gasteiger charge is -2.06. The van der Waals surface area contributed by atoms with E-state index in [4.69, 9.17) is 4.74 Å². The van der Waals surface area contributed by atoms with E-state index in [-0.39, 0.29) is 0 Å². The van der Waals surface area contributed by atoms with Gasteiger partial charge in [-0.1, -0.05) is 0 Å². The molecule has 0 spiro atoms. The van der Waals surface area contributed by atoms with Crippen molar-refractivity contribution < 1.29 is 19.1 Å². The number of aromatic nitrogens is 3. The number of fused-ring (bicyclic) bond motifs is 1. The molecule has 1 amide bonds. The zero-order valence-corrected chi connectivity index (χ0v) is 13.0. The summed E-state index contributed by atoms with van der Waals surface area (Å²) in [6.07, 6.45) is 4.34. The molecule has 122 valence electrons. The summed E-state index contributed by atoms with van der Waals surface area (Å²) < 4.78 is 11.0. The van der Waals surface area contributed by atoms with E-state index in [1.807, 2.05) is 0 Å². The summed E-state index contributed by atoms with van der Waals surface area (Å²) in [5, 5.41) is 2.48. The van der Waals surface area contributed by atoms with E-state index < -0.39 is 12.1 Å². The molecule has 3 aromatic rings. The lowest BCUT2D eigenvalue weighted by Crippen LogP contribution is -2.11. The van der Waals surface area contributed by atoms with E-state index in [1.54, 1.807) is 47.3 Å². The molecule has 3 heterocycles. The Kier molecular flexibility index (Phi) is 4.11. The van der Waals surface area contributed by atoms with Crippen molar-refractivity contribution in [1.29, 1.82) is 0 Å². The minimum Gasteiger partial charge on any atom is -0.465 e. The maximum absolute atomic E-state index is 11.7. The summed E-state index contributed by atoms with van der Waals surface area (Å²) in [6, 6.07) is 6.82. The van der Waals surface area contributed by atoms with Crippen molar-refractivity contribution in [3.63, 3.8) is 0 Å². The Labute approximate surface area is 137 Å². The van der Waals surface area contributed by atoms with Gasteiger partial charge in [0.1, 0.15) is 11.5 Å². The number of rotatable bonds is 3. The van der Waals surface area contributed by atoms with E-state index in [1.165, 1.54) is 14.2 Å². The van der Waals surface area contributed by atoms with Crippen LogP contribution in [-0.2, 0) is 9.47 Å². The van der Waals surface area contributed by atoms with Crippen LogP contribution in [0.3, 0.4) is 0 Å². The number of ether oxygens (including phenoxy) is 2. The van der Waals surface area contributed by atoms with Crippen LogP contribution in [0.5, 0.6) is 0 Å². The average molecular weight is 326 g/mol. The number of imidazole rings is 1. The van der Waals surface area contributed by atoms with Crippen LogP contribution < -0.4 is 5.32 Å². The molecule has 0 aliphatic heterocycles. The molecule has 0 bridgehead atoms. The van der Waals surface area contributed by atoms with Crippen molar-refractivity contribution in [3.05, 3.63) is 48.4 Å². The van der Waals surface area contributed by atoms with Gasteiger partial charge in [0.05, 0.1) is 31.7 Å². The normalized spacial score (nSPS) is 10.4. The average Bonchev–Trinajstić information content (AvgIpc) is 3.04. The number of nitrogens with zero attached hydrogens (tertiary/aromatic N) is 3. The fraction of sp³-hybridized carbons (Fsp3) is 0.125. The van der Waals surface area contributed by atoms with Crippen molar-refractivity contribution in [2.75, 3.05) is 19.5 Å². The Hall–Kier alpha value is -3.42. The third kappa shape index (κ3) is 2.89. The first-order chi connectivity index (χ1) is 11.6. The smallest absolute Gasteiger partial charge is 0.412 e. The number of carbonyl (C=O) groups excluding carboxylic acids is 2. The first-order valence-electron chi connectivity index (χ1n) is 6.99. The lowest BCUT2D eigenvalue weighted by molar-refractivity contribution is 0.0600. The van der Waals surface area contributed by atoms with Gasteiger partial charge in [-0.05, 0) is 24.3 Å². The van der Waals surface area contributed by atoms with Crippen molar-refractivity contribution in [1.82, 2.24) is 14.4 Å². The summed E-state index contributed by atoms with van der Waals surface area (Å²) in [6.45, 7) is 0. The highest BCUT2D eigenvalue weighted by atomic mass is 16.5. The SMILES string of the molecule is COC(=O)Nc1ccc(-c2cnc3ccc(C(=O)OC)cn23)cn1. The standard InChI is InChI=1S/C16H14N4O4/c1-23-15(21)11-4-6-14-18-8-12(20(14)9-11)10-3-5-13(17-7-10)19-16(22)24-2/h3-9H,1-2H3,(H,17,19,22). The Morgan fingerprint density at radius 2 is 1.88 bits per heavy atom. The minimum atomic E-state index is -0.590. The van der Waals surface area contributed by atoms with Crippen LogP contribution in [0.15, 0.2) is 42.9 Å². The second-order valence-electron chi connectivity index (χ2n) is 4.83. The lowest BCUT2D eigenvalue weighted by atomic mass is 10.2. The van der Waals surface area contributed by atoms with Gasteiger partial charge in [0.15, 0.2) is 0 Å². The maximum Gasteiger partial charge on any atom is 0.412 e. The molecule has 0 fully saturated rings. The van der Waals surface area contributed by atoms with E-state index in [9.17, 15) is 9.59 Å². The maximum atomic E-state index is 11.7. The third-order valence-electron chi connectivity index (χ3n) is 3.40. The number of hydrogen-bond donors (Lipinski definition) is 1. The quantitative estimate of drug-likeness (QED) is 0.742. The number of methoxy groups -OCH3 is 2. The van der Waals surface area contributed by atoms with Crippen molar-refractivity contribution in [3.8, 4) is 11.3 Å². The molecule has 0 aliphatic rings. The van der Waals surface area contributed by atoms with Crippen molar-refractivity contribution in [2.45, 2.75) is 0 Å². The second kappa shape index (κ2) is 6.37. The molecule has 0 saturated carbocycles. The number of esters is 1. The summed E-state index contributed by atoms with van der Waals surface area (Å²) in [5.74, 6) is -0.0537. The predicted molar refractivity (Wildman–Crippen MR) is 85.8 cm³/mol. The number of nitrogens with one attached hydrogen (secondary N) is 1. The summed E-state index contributed by atoms with van der Waals surface area (Å²) in [7, 11) is 2.61. The highest BCUT2D eigenvalue weighted by molar-refractivity contribution is 5.89. The van der Waals surface area contributed by atoms with Gasteiger partial charge in [-0.3, -0.25) is 9.72 Å². The van der Waals surface area contributed by atoms with Crippen LogP contribution in [0, 0.1) is 0 Å². The number of carbonyl (C=O) groups is 2. The van der Waals surface area contributed by atoms with Gasteiger partial charge in [0, 0.05) is 18.0 Å². The van der Waals surface area contributed by atoms with Crippen LogP contribution in [-0.4, -0.2) is 40.7 Å². The van der Waals surface area contributed by atoms with Gasteiger partial charge < -0.3 is 9.47 Å². The molecule has 0 aliphatic carbocycles. The highest BCUT2D eigenvalue weighted by Crippen LogP contribution is 2.22. The highest BCUT2D eigenvalue weighted by Gasteiger charge is 2.11. The minimum absolute atomic E-state index is 0.370. The first kappa shape index (κ1) is 15.5. The zero-order chi connectivity index (χ0) is 17.1. The fourth-order valence-corrected chi connectivity index (χ4v) is 2.21.